The van der Waals surface area contributed by atoms with Crippen LogP contribution in [0.25, 0.3) is 11.0 Å². The number of rotatable bonds is 7. The fraction of sp³-hybridized carbons (Fsp3) is 0.481. The van der Waals surface area contributed by atoms with Crippen LogP contribution < -0.4 is 0 Å². The number of carbonyl (C=O) groups is 1. The molecule has 1 heterocycles. The summed E-state index contributed by atoms with van der Waals surface area (Å²) in [5.74, 6) is 2.07. The van der Waals surface area contributed by atoms with E-state index in [0.29, 0.717) is 12.8 Å². The van der Waals surface area contributed by atoms with Crippen LogP contribution in [0.5, 0.6) is 0 Å². The van der Waals surface area contributed by atoms with Crippen molar-refractivity contribution in [2.24, 2.45) is 5.92 Å². The Morgan fingerprint density at radius 1 is 1.07 bits per heavy atom. The maximum atomic E-state index is 12.4. The first-order valence-electron chi connectivity index (χ1n) is 11.0. The number of aryl methyl sites for hydroxylation is 4. The normalized spacial score (nSPS) is 10.5. The molecule has 0 atom stereocenters. The highest BCUT2D eigenvalue weighted by Crippen LogP contribution is 2.20. The van der Waals surface area contributed by atoms with Crippen molar-refractivity contribution in [1.82, 2.24) is 9.55 Å². The van der Waals surface area contributed by atoms with Crippen LogP contribution >= 0.6 is 0 Å². The van der Waals surface area contributed by atoms with Gasteiger partial charge < -0.3 is 4.57 Å². The van der Waals surface area contributed by atoms with Crippen LogP contribution in [0.3, 0.4) is 0 Å². The number of fused-ring (bicyclic) bond motifs is 1. The average Bonchev–Trinajstić information content (AvgIpc) is 3.08. The number of hydrogen-bond acceptors (Lipinski definition) is 2. The first-order chi connectivity index (χ1) is 13.9. The molecule has 0 unspecified atom stereocenters. The number of imidazole rings is 1. The zero-order valence-corrected chi connectivity index (χ0v) is 19.0. The van der Waals surface area contributed by atoms with E-state index in [1.54, 1.807) is 0 Å². The maximum Gasteiger partial charge on any atom is 0.163 e. The lowest BCUT2D eigenvalue weighted by atomic mass is 10.0. The van der Waals surface area contributed by atoms with Crippen molar-refractivity contribution in [1.29, 1.82) is 0 Å². The topological polar surface area (TPSA) is 34.9 Å². The minimum Gasteiger partial charge on any atom is -0.328 e. The Morgan fingerprint density at radius 2 is 1.77 bits per heavy atom. The standard InChI is InChI=1S/C21H24N2O.C5H12.CH4/c1-4-16-9-10-18-19(14-16)23(5-2)21(22-18)12-11-20(24)17-8-6-7-15(3)13-17;1-4-5(2)3;/h6-10,13-14H,4-5,11-12H2,1-3H3;5H,4H2,1-3H3;1H4. The predicted octanol–water partition coefficient (Wildman–Crippen LogP) is 7.43. The van der Waals surface area contributed by atoms with E-state index in [9.17, 15) is 4.79 Å². The fourth-order valence-corrected chi connectivity index (χ4v) is 3.17. The molecule has 3 aromatic rings. The Kier molecular flexibility index (Phi) is 10.5. The molecule has 3 nitrogen and oxygen atoms in total. The highest BCUT2D eigenvalue weighted by molar-refractivity contribution is 5.96. The largest absolute Gasteiger partial charge is 0.328 e. The van der Waals surface area contributed by atoms with Gasteiger partial charge in [0.15, 0.2) is 5.78 Å². The van der Waals surface area contributed by atoms with Gasteiger partial charge in [0, 0.05) is 24.9 Å². The van der Waals surface area contributed by atoms with Crippen molar-refractivity contribution in [3.8, 4) is 0 Å². The Bertz CT molecular complexity index is 937. The molecule has 1 aromatic heterocycles. The highest BCUT2D eigenvalue weighted by atomic mass is 16.1. The van der Waals surface area contributed by atoms with E-state index >= 15 is 0 Å². The molecule has 0 amide bonds. The number of carbonyl (C=O) groups excluding carboxylic acids is 1. The van der Waals surface area contributed by atoms with E-state index in [4.69, 9.17) is 4.98 Å². The van der Waals surface area contributed by atoms with E-state index in [0.717, 1.165) is 41.4 Å². The number of Topliss-reactive ketones (excluding diaryl/α,β-unsaturated/α-hetero) is 1. The Labute approximate surface area is 183 Å². The molecule has 3 heteroatoms. The van der Waals surface area contributed by atoms with Gasteiger partial charge in [0.25, 0.3) is 0 Å². The quantitative estimate of drug-likeness (QED) is 0.381. The third kappa shape index (κ3) is 6.83. The van der Waals surface area contributed by atoms with E-state index in [2.05, 4.69) is 57.4 Å². The van der Waals surface area contributed by atoms with Crippen molar-refractivity contribution in [3.63, 3.8) is 0 Å². The second-order valence-electron chi connectivity index (χ2n) is 8.04. The summed E-state index contributed by atoms with van der Waals surface area (Å²) in [6.07, 6.45) is 3.50. The molecule has 0 saturated carbocycles. The first kappa shape index (κ1) is 25.6. The number of ketones is 1. The van der Waals surface area contributed by atoms with Gasteiger partial charge in [0.1, 0.15) is 5.82 Å². The molecule has 0 aliphatic carbocycles. The lowest BCUT2D eigenvalue weighted by molar-refractivity contribution is 0.0982. The Balaban J connectivity index is 0.000000674. The SMILES string of the molecule is C.CCC(C)C.CCc1ccc2nc(CCC(=O)c3cccc(C)c3)n(CC)c2c1. The summed E-state index contributed by atoms with van der Waals surface area (Å²) in [5, 5.41) is 0. The third-order valence-corrected chi connectivity index (χ3v) is 5.35. The molecule has 0 spiro atoms. The molecule has 3 rings (SSSR count). The van der Waals surface area contributed by atoms with Gasteiger partial charge in [-0.1, -0.05) is 71.4 Å². The molecule has 0 bridgehead atoms. The van der Waals surface area contributed by atoms with E-state index in [-0.39, 0.29) is 13.2 Å². The van der Waals surface area contributed by atoms with Crippen molar-refractivity contribution in [2.75, 3.05) is 0 Å². The number of hydrogen-bond donors (Lipinski definition) is 0. The van der Waals surface area contributed by atoms with E-state index in [1.807, 2.05) is 31.2 Å². The van der Waals surface area contributed by atoms with Gasteiger partial charge in [0.05, 0.1) is 11.0 Å². The zero-order chi connectivity index (χ0) is 21.4. The van der Waals surface area contributed by atoms with Crippen LogP contribution in [0.1, 0.15) is 82.2 Å². The molecule has 30 heavy (non-hydrogen) atoms. The Morgan fingerprint density at radius 3 is 2.33 bits per heavy atom. The van der Waals surface area contributed by atoms with Crippen LogP contribution in [0.2, 0.25) is 0 Å². The summed E-state index contributed by atoms with van der Waals surface area (Å²) in [5.41, 5.74) is 5.43. The van der Waals surface area contributed by atoms with Gasteiger partial charge in [-0.05, 0) is 49.9 Å². The Hall–Kier alpha value is -2.42. The summed E-state index contributed by atoms with van der Waals surface area (Å²) in [4.78, 5) is 17.2. The van der Waals surface area contributed by atoms with Crippen LogP contribution in [0.15, 0.2) is 42.5 Å². The number of benzene rings is 2. The molecule has 0 radical (unpaired) electrons. The van der Waals surface area contributed by atoms with Gasteiger partial charge in [-0.2, -0.15) is 0 Å². The van der Waals surface area contributed by atoms with Gasteiger partial charge in [-0.25, -0.2) is 4.98 Å². The number of aromatic nitrogens is 2. The van der Waals surface area contributed by atoms with Crippen molar-refractivity contribution in [2.45, 2.75) is 81.2 Å². The number of nitrogens with zero attached hydrogens (tertiary/aromatic N) is 2. The lowest BCUT2D eigenvalue weighted by Gasteiger charge is -2.07. The van der Waals surface area contributed by atoms with E-state index in [1.165, 1.54) is 17.5 Å². The van der Waals surface area contributed by atoms with Crippen LogP contribution in [0, 0.1) is 12.8 Å². The van der Waals surface area contributed by atoms with Crippen LogP contribution in [-0.4, -0.2) is 15.3 Å². The fourth-order valence-electron chi connectivity index (χ4n) is 3.17. The minimum absolute atomic E-state index is 0. The monoisotopic (exact) mass is 408 g/mol. The summed E-state index contributed by atoms with van der Waals surface area (Å²) < 4.78 is 2.23. The van der Waals surface area contributed by atoms with E-state index < -0.39 is 0 Å². The smallest absolute Gasteiger partial charge is 0.163 e. The molecule has 0 fully saturated rings. The second-order valence-corrected chi connectivity index (χ2v) is 8.04. The summed E-state index contributed by atoms with van der Waals surface area (Å²) >= 11 is 0. The van der Waals surface area contributed by atoms with Crippen LogP contribution in [-0.2, 0) is 19.4 Å². The maximum absolute atomic E-state index is 12.4. The van der Waals surface area contributed by atoms with Gasteiger partial charge >= 0.3 is 0 Å². The second kappa shape index (κ2) is 12.3. The molecule has 0 N–H and O–H groups in total. The summed E-state index contributed by atoms with van der Waals surface area (Å²) in [6, 6.07) is 14.2. The predicted molar refractivity (Wildman–Crippen MR) is 130 cm³/mol. The molecule has 0 saturated heterocycles. The first-order valence-corrected chi connectivity index (χ1v) is 11.0. The molecule has 2 aromatic carbocycles. The molecular weight excluding hydrogens is 368 g/mol. The van der Waals surface area contributed by atoms with Gasteiger partial charge in [-0.3, -0.25) is 4.79 Å². The molecule has 164 valence electrons. The van der Waals surface area contributed by atoms with Gasteiger partial charge in [-0.15, -0.1) is 0 Å². The van der Waals surface area contributed by atoms with Gasteiger partial charge in [0.2, 0.25) is 0 Å². The van der Waals surface area contributed by atoms with Crippen molar-refractivity contribution in [3.05, 3.63) is 65.0 Å². The summed E-state index contributed by atoms with van der Waals surface area (Å²) in [7, 11) is 0. The van der Waals surface area contributed by atoms with Crippen molar-refractivity contribution >= 4 is 16.8 Å². The summed E-state index contributed by atoms with van der Waals surface area (Å²) in [6.45, 7) is 13.8. The van der Waals surface area contributed by atoms with Crippen LogP contribution in [0.4, 0.5) is 0 Å². The van der Waals surface area contributed by atoms with Crippen molar-refractivity contribution < 1.29 is 4.79 Å². The minimum atomic E-state index is 0. The highest BCUT2D eigenvalue weighted by Gasteiger charge is 2.13. The lowest BCUT2D eigenvalue weighted by Crippen LogP contribution is -2.06. The average molecular weight is 409 g/mol. The molecular formula is C27H40N2O. The third-order valence-electron chi connectivity index (χ3n) is 5.35. The zero-order valence-electron chi connectivity index (χ0n) is 19.0. The molecule has 0 aliphatic rings. The molecule has 0 aliphatic heterocycles.